The topological polar surface area (TPSA) is 79.6 Å². The van der Waals surface area contributed by atoms with Gasteiger partial charge in [-0.1, -0.05) is 52.4 Å². The number of nitrogens with zero attached hydrogens (tertiary/aromatic N) is 4. The van der Waals surface area contributed by atoms with Gasteiger partial charge in [-0.2, -0.15) is 4.52 Å². The summed E-state index contributed by atoms with van der Waals surface area (Å²) < 4.78 is 2.14. The highest BCUT2D eigenvalue weighted by Gasteiger charge is 2.21. The Morgan fingerprint density at radius 3 is 2.82 bits per heavy atom. The Balaban J connectivity index is 1.55. The van der Waals surface area contributed by atoms with E-state index in [1.807, 2.05) is 24.3 Å². The molecular formula is C19H20BrN5O2S. The fourth-order valence-corrected chi connectivity index (χ4v) is 4.51. The second-order valence-corrected chi connectivity index (χ2v) is 8.79. The van der Waals surface area contributed by atoms with Crippen molar-refractivity contribution in [3.8, 4) is 0 Å². The van der Waals surface area contributed by atoms with Crippen molar-refractivity contribution in [2.75, 3.05) is 18.0 Å². The summed E-state index contributed by atoms with van der Waals surface area (Å²) in [5.41, 5.74) is 0.483. The number of hydrogen-bond donors (Lipinski definition) is 1. The Labute approximate surface area is 174 Å². The highest BCUT2D eigenvalue weighted by atomic mass is 79.9. The molecule has 0 unspecified atom stereocenters. The van der Waals surface area contributed by atoms with E-state index in [1.54, 1.807) is 0 Å². The molecule has 9 heteroatoms. The number of carbonyl (C=O) groups is 1. The highest BCUT2D eigenvalue weighted by Crippen LogP contribution is 2.26. The lowest BCUT2D eigenvalue weighted by Gasteiger charge is -2.29. The van der Waals surface area contributed by atoms with Gasteiger partial charge in [0.15, 0.2) is 0 Å². The Kier molecular flexibility index (Phi) is 5.45. The molecule has 3 aromatic rings. The first-order valence-electron chi connectivity index (χ1n) is 9.18. The highest BCUT2D eigenvalue weighted by molar-refractivity contribution is 9.10. The minimum atomic E-state index is -0.455. The number of aromatic nitrogens is 3. The molecule has 0 bridgehead atoms. The van der Waals surface area contributed by atoms with Crippen LogP contribution >= 0.6 is 27.3 Å². The van der Waals surface area contributed by atoms with Crippen LogP contribution in [-0.4, -0.2) is 33.6 Å². The van der Waals surface area contributed by atoms with Crippen LogP contribution in [0.2, 0.25) is 0 Å². The van der Waals surface area contributed by atoms with Crippen LogP contribution in [0.5, 0.6) is 0 Å². The van der Waals surface area contributed by atoms with Gasteiger partial charge in [-0.3, -0.25) is 9.59 Å². The number of nitrogens with one attached hydrogen (secondary N) is 1. The molecule has 1 N–H and O–H groups in total. The number of rotatable bonds is 4. The lowest BCUT2D eigenvalue weighted by molar-refractivity contribution is 0.0948. The molecule has 1 aliphatic rings. The smallest absolute Gasteiger partial charge is 0.288 e. The zero-order valence-electron chi connectivity index (χ0n) is 15.4. The zero-order chi connectivity index (χ0) is 19.7. The van der Waals surface area contributed by atoms with Gasteiger partial charge in [-0.15, -0.1) is 5.10 Å². The molecule has 0 radical (unpaired) electrons. The summed E-state index contributed by atoms with van der Waals surface area (Å²) in [7, 11) is 0. The summed E-state index contributed by atoms with van der Waals surface area (Å²) in [5.74, 6) is 0.260. The van der Waals surface area contributed by atoms with Crippen molar-refractivity contribution in [1.29, 1.82) is 0 Å². The fraction of sp³-hybridized carbons (Fsp3) is 0.368. The third-order valence-corrected chi connectivity index (χ3v) is 6.73. The van der Waals surface area contributed by atoms with Crippen LogP contribution < -0.4 is 15.8 Å². The van der Waals surface area contributed by atoms with Gasteiger partial charge in [0.05, 0.1) is 0 Å². The minimum absolute atomic E-state index is 0.00586. The molecular weight excluding hydrogens is 442 g/mol. The Morgan fingerprint density at radius 1 is 1.32 bits per heavy atom. The lowest BCUT2D eigenvalue weighted by Crippen LogP contribution is -2.33. The summed E-state index contributed by atoms with van der Waals surface area (Å²) in [4.78, 5) is 32.3. The van der Waals surface area contributed by atoms with E-state index in [-0.39, 0.29) is 5.56 Å². The standard InChI is InChI=1S/C19H20BrN5O2S/c1-12-6-8-24(9-7-12)19-23-25-17(27)14(11-22-18(25)28-19)16(26)21-10-13-4-2-3-5-15(13)20/h2-5,11-12H,6-10H2,1H3,(H,21,26). The molecule has 2 aromatic heterocycles. The van der Waals surface area contributed by atoms with E-state index in [4.69, 9.17) is 0 Å². The number of piperidine rings is 1. The molecule has 0 aliphatic carbocycles. The average molecular weight is 462 g/mol. The van der Waals surface area contributed by atoms with Gasteiger partial charge < -0.3 is 10.2 Å². The molecule has 1 fully saturated rings. The van der Waals surface area contributed by atoms with Gasteiger partial charge in [0.2, 0.25) is 10.1 Å². The van der Waals surface area contributed by atoms with Crippen molar-refractivity contribution in [1.82, 2.24) is 19.9 Å². The molecule has 0 atom stereocenters. The third-order valence-electron chi connectivity index (χ3n) is 4.97. The fourth-order valence-electron chi connectivity index (χ4n) is 3.17. The first-order valence-corrected chi connectivity index (χ1v) is 10.8. The van der Waals surface area contributed by atoms with Crippen LogP contribution in [0.15, 0.2) is 39.7 Å². The van der Waals surface area contributed by atoms with E-state index in [0.717, 1.165) is 41.1 Å². The number of halogens is 1. The minimum Gasteiger partial charge on any atom is -0.348 e. The second-order valence-electron chi connectivity index (χ2n) is 7.00. The van der Waals surface area contributed by atoms with Crippen LogP contribution in [-0.2, 0) is 6.54 Å². The van der Waals surface area contributed by atoms with Gasteiger partial charge in [0.1, 0.15) is 5.56 Å². The van der Waals surface area contributed by atoms with Crippen LogP contribution in [0.4, 0.5) is 5.13 Å². The van der Waals surface area contributed by atoms with Crippen LogP contribution in [0.25, 0.3) is 4.96 Å². The normalized spacial score (nSPS) is 15.1. The Bertz CT molecular complexity index is 1070. The molecule has 0 saturated carbocycles. The number of anilines is 1. The van der Waals surface area contributed by atoms with Crippen molar-refractivity contribution in [2.24, 2.45) is 5.92 Å². The molecule has 3 heterocycles. The van der Waals surface area contributed by atoms with E-state index in [1.165, 1.54) is 22.0 Å². The molecule has 7 nitrogen and oxygen atoms in total. The van der Waals surface area contributed by atoms with Crippen molar-refractivity contribution < 1.29 is 4.79 Å². The number of fused-ring (bicyclic) bond motifs is 1. The predicted molar refractivity (Wildman–Crippen MR) is 113 cm³/mol. The molecule has 1 aromatic carbocycles. The summed E-state index contributed by atoms with van der Waals surface area (Å²) in [6.07, 6.45) is 3.56. The molecule has 4 rings (SSSR count). The molecule has 0 spiro atoms. The second kappa shape index (κ2) is 8.00. The van der Waals surface area contributed by atoms with Crippen LogP contribution in [0.1, 0.15) is 35.7 Å². The predicted octanol–water partition coefficient (Wildman–Crippen LogP) is 3.08. The number of amides is 1. The van der Waals surface area contributed by atoms with E-state index >= 15 is 0 Å². The zero-order valence-corrected chi connectivity index (χ0v) is 17.8. The van der Waals surface area contributed by atoms with Gasteiger partial charge in [-0.05, 0) is 30.4 Å². The van der Waals surface area contributed by atoms with E-state index in [9.17, 15) is 9.59 Å². The van der Waals surface area contributed by atoms with Crippen molar-refractivity contribution in [2.45, 2.75) is 26.3 Å². The molecule has 1 amide bonds. The van der Waals surface area contributed by atoms with Gasteiger partial charge >= 0.3 is 0 Å². The number of carbonyl (C=O) groups excluding carboxylic acids is 1. The van der Waals surface area contributed by atoms with E-state index in [0.29, 0.717) is 17.4 Å². The Morgan fingerprint density at radius 2 is 2.07 bits per heavy atom. The third kappa shape index (κ3) is 3.81. The number of hydrogen-bond acceptors (Lipinski definition) is 6. The van der Waals surface area contributed by atoms with Gasteiger partial charge in [-0.25, -0.2) is 4.98 Å². The average Bonchev–Trinajstić information content (AvgIpc) is 3.13. The van der Waals surface area contributed by atoms with Gasteiger partial charge in [0.25, 0.3) is 11.5 Å². The molecule has 1 aliphatic heterocycles. The maximum Gasteiger partial charge on any atom is 0.288 e. The van der Waals surface area contributed by atoms with Crippen molar-refractivity contribution in [3.63, 3.8) is 0 Å². The summed E-state index contributed by atoms with van der Waals surface area (Å²) >= 11 is 4.83. The lowest BCUT2D eigenvalue weighted by atomic mass is 10.00. The summed E-state index contributed by atoms with van der Waals surface area (Å²) in [6, 6.07) is 7.61. The molecule has 146 valence electrons. The van der Waals surface area contributed by atoms with Crippen LogP contribution in [0.3, 0.4) is 0 Å². The molecule has 28 heavy (non-hydrogen) atoms. The quantitative estimate of drug-likeness (QED) is 0.645. The first kappa shape index (κ1) is 19.1. The summed E-state index contributed by atoms with van der Waals surface area (Å²) in [5, 5.41) is 7.99. The van der Waals surface area contributed by atoms with Crippen molar-refractivity contribution in [3.05, 3.63) is 56.4 Å². The monoisotopic (exact) mass is 461 g/mol. The largest absolute Gasteiger partial charge is 0.348 e. The first-order chi connectivity index (χ1) is 13.5. The SMILES string of the molecule is CC1CCN(c2nn3c(=O)c(C(=O)NCc4ccccc4Br)cnc3s2)CC1. The van der Waals surface area contributed by atoms with Crippen molar-refractivity contribution >= 4 is 43.3 Å². The number of benzene rings is 1. The maximum absolute atomic E-state index is 12.8. The van der Waals surface area contributed by atoms with E-state index < -0.39 is 11.5 Å². The Hall–Kier alpha value is -2.26. The van der Waals surface area contributed by atoms with Gasteiger partial charge in [0, 0.05) is 30.3 Å². The van der Waals surface area contributed by atoms with E-state index in [2.05, 4.69) is 43.2 Å². The summed E-state index contributed by atoms with van der Waals surface area (Å²) in [6.45, 7) is 4.42. The maximum atomic E-state index is 12.8. The van der Waals surface area contributed by atoms with Crippen LogP contribution in [0, 0.1) is 5.92 Å². The molecule has 1 saturated heterocycles.